The lowest BCUT2D eigenvalue weighted by Crippen LogP contribution is -2.13. The van der Waals surface area contributed by atoms with Crippen molar-refractivity contribution in [1.82, 2.24) is 0 Å². The molecule has 0 bridgehead atoms. The third-order valence-corrected chi connectivity index (χ3v) is 3.86. The number of hydrogen-bond donors (Lipinski definition) is 0. The van der Waals surface area contributed by atoms with E-state index >= 15 is 0 Å². The molecule has 0 aliphatic rings. The molecule has 1 aromatic carbocycles. The summed E-state index contributed by atoms with van der Waals surface area (Å²) >= 11 is 12.3. The minimum absolute atomic E-state index is 0.00985. The maximum atomic E-state index is 13.3. The van der Waals surface area contributed by atoms with Crippen molar-refractivity contribution in [2.75, 3.05) is 6.61 Å². The summed E-state index contributed by atoms with van der Waals surface area (Å²) in [5.41, 5.74) is -0.00985. The van der Waals surface area contributed by atoms with Crippen LogP contribution in [0.1, 0.15) is 10.4 Å². The van der Waals surface area contributed by atoms with E-state index in [1.165, 1.54) is 6.07 Å². The van der Waals surface area contributed by atoms with Gasteiger partial charge in [0, 0.05) is 6.07 Å². The number of ketones is 1. The first-order valence-corrected chi connectivity index (χ1v) is 6.82. The van der Waals surface area contributed by atoms with Crippen LogP contribution < -0.4 is 4.74 Å². The third kappa shape index (κ3) is 3.30. The molecular weight excluding hydrogens is 355 g/mol. The fraction of sp³-hybridized carbons (Fsp3) is 0.0833. The second-order valence-electron chi connectivity index (χ2n) is 3.75. The number of carbonyl (C=O) groups is 1. The number of carbonyl (C=O) groups excluding carboxylic acids is 1. The van der Waals surface area contributed by atoms with Crippen molar-refractivity contribution < 1.29 is 27.1 Å². The van der Waals surface area contributed by atoms with Crippen LogP contribution in [-0.2, 0) is 0 Å². The summed E-state index contributed by atoms with van der Waals surface area (Å²) in [7, 11) is 0. The first-order chi connectivity index (χ1) is 9.81. The topological polar surface area (TPSA) is 26.3 Å². The normalized spacial score (nSPS) is 10.8. The van der Waals surface area contributed by atoms with Crippen molar-refractivity contribution in [1.29, 1.82) is 0 Å². The largest absolute Gasteiger partial charge is 0.479 e. The van der Waals surface area contributed by atoms with Gasteiger partial charge in [-0.1, -0.05) is 23.2 Å². The molecule has 2 rings (SSSR count). The number of Topliss-reactive ketones (excluding diaryl/α,β-unsaturated/α-hetero) is 1. The number of ether oxygens (including phenoxy) is 1. The Bertz CT molecular complexity index is 692. The highest BCUT2D eigenvalue weighted by atomic mass is 35.5. The Morgan fingerprint density at radius 1 is 1.10 bits per heavy atom. The lowest BCUT2D eigenvalue weighted by Gasteiger charge is -2.08. The average molecular weight is 359 g/mol. The summed E-state index contributed by atoms with van der Waals surface area (Å²) in [5, 5.41) is 0. The minimum atomic E-state index is -1.73. The van der Waals surface area contributed by atoms with Crippen LogP contribution in [0.4, 0.5) is 17.6 Å². The van der Waals surface area contributed by atoms with E-state index in [0.29, 0.717) is 0 Å². The van der Waals surface area contributed by atoms with Crippen LogP contribution in [0.3, 0.4) is 0 Å². The van der Waals surface area contributed by atoms with Crippen LogP contribution in [0.25, 0.3) is 0 Å². The van der Waals surface area contributed by atoms with Gasteiger partial charge in [-0.2, -0.15) is 8.78 Å². The Kier molecular flexibility index (Phi) is 4.75. The lowest BCUT2D eigenvalue weighted by molar-refractivity contribution is 0.0914. The molecule has 9 heteroatoms. The minimum Gasteiger partial charge on any atom is -0.479 e. The highest BCUT2D eigenvalue weighted by Crippen LogP contribution is 2.32. The first kappa shape index (κ1) is 16.1. The molecule has 0 atom stereocenters. The van der Waals surface area contributed by atoms with Gasteiger partial charge in [0.25, 0.3) is 0 Å². The Morgan fingerprint density at radius 2 is 1.67 bits per heavy atom. The highest BCUT2D eigenvalue weighted by Gasteiger charge is 2.22. The van der Waals surface area contributed by atoms with Gasteiger partial charge in [-0.05, 0) is 6.07 Å². The van der Waals surface area contributed by atoms with Gasteiger partial charge in [-0.25, -0.2) is 8.78 Å². The molecule has 2 nitrogen and oxygen atoms in total. The van der Waals surface area contributed by atoms with E-state index in [1.54, 1.807) is 0 Å². The van der Waals surface area contributed by atoms with Crippen LogP contribution in [0, 0.1) is 23.3 Å². The molecule has 0 radical (unpaired) electrons. The Balaban J connectivity index is 2.21. The number of rotatable bonds is 4. The zero-order valence-electron chi connectivity index (χ0n) is 9.85. The Morgan fingerprint density at radius 3 is 2.14 bits per heavy atom. The summed E-state index contributed by atoms with van der Waals surface area (Å²) in [6.07, 6.45) is 0. The van der Waals surface area contributed by atoms with Crippen molar-refractivity contribution in [3.8, 4) is 5.75 Å². The molecule has 21 heavy (non-hydrogen) atoms. The maximum absolute atomic E-state index is 13.3. The van der Waals surface area contributed by atoms with Gasteiger partial charge >= 0.3 is 0 Å². The number of hydrogen-bond acceptors (Lipinski definition) is 3. The molecule has 0 aliphatic heterocycles. The van der Waals surface area contributed by atoms with Crippen molar-refractivity contribution in [3.63, 3.8) is 0 Å². The van der Waals surface area contributed by atoms with Crippen LogP contribution in [0.15, 0.2) is 12.1 Å². The number of thiophene rings is 1. The molecule has 0 saturated heterocycles. The third-order valence-electron chi connectivity index (χ3n) is 2.38. The van der Waals surface area contributed by atoms with Gasteiger partial charge in [0.15, 0.2) is 24.0 Å². The van der Waals surface area contributed by atoms with Crippen LogP contribution in [-0.4, -0.2) is 12.4 Å². The zero-order valence-corrected chi connectivity index (χ0v) is 12.2. The van der Waals surface area contributed by atoms with Crippen molar-refractivity contribution in [2.24, 2.45) is 0 Å². The highest BCUT2D eigenvalue weighted by molar-refractivity contribution is 7.20. The van der Waals surface area contributed by atoms with Crippen molar-refractivity contribution >= 4 is 40.3 Å². The summed E-state index contributed by atoms with van der Waals surface area (Å²) in [4.78, 5) is 11.8. The molecule has 0 aliphatic carbocycles. The van der Waals surface area contributed by atoms with E-state index in [9.17, 15) is 22.4 Å². The second-order valence-corrected chi connectivity index (χ2v) is 6.03. The monoisotopic (exact) mass is 358 g/mol. The van der Waals surface area contributed by atoms with E-state index in [2.05, 4.69) is 4.74 Å². The fourth-order valence-corrected chi connectivity index (χ4v) is 2.92. The zero-order chi connectivity index (χ0) is 15.7. The van der Waals surface area contributed by atoms with E-state index in [1.807, 2.05) is 0 Å². The van der Waals surface area contributed by atoms with Crippen molar-refractivity contribution in [3.05, 3.63) is 49.6 Å². The van der Waals surface area contributed by atoms with Crippen LogP contribution in [0.5, 0.6) is 5.75 Å². The predicted molar refractivity (Wildman–Crippen MR) is 70.4 cm³/mol. The quantitative estimate of drug-likeness (QED) is 0.442. The number of halogens is 6. The molecule has 1 aromatic heterocycles. The van der Waals surface area contributed by atoms with E-state index in [-0.39, 0.29) is 20.3 Å². The molecule has 0 N–H and O–H groups in total. The first-order valence-electron chi connectivity index (χ1n) is 5.25. The summed E-state index contributed by atoms with van der Waals surface area (Å²) in [6, 6.07) is 1.29. The van der Waals surface area contributed by atoms with Gasteiger partial charge in [0.2, 0.25) is 17.4 Å². The lowest BCUT2D eigenvalue weighted by atomic mass is 10.2. The molecule has 0 saturated carbocycles. The molecule has 1 heterocycles. The standard InChI is InChI=1S/C12H4Cl2F4O2S/c13-8-1-4(12(14)21-8)7(19)3-20-11-9(17)5(15)2-6(16)10(11)18/h1-2H,3H2. The predicted octanol–water partition coefficient (Wildman–Crippen LogP) is 4.87. The molecule has 112 valence electrons. The van der Waals surface area contributed by atoms with Gasteiger partial charge in [0.05, 0.1) is 9.90 Å². The summed E-state index contributed by atoms with van der Waals surface area (Å²) < 4.78 is 57.4. The second kappa shape index (κ2) is 6.21. The summed E-state index contributed by atoms with van der Waals surface area (Å²) in [6.45, 7) is -0.858. The van der Waals surface area contributed by atoms with Gasteiger partial charge in [0.1, 0.15) is 4.34 Å². The van der Waals surface area contributed by atoms with Gasteiger partial charge in [-0.3, -0.25) is 4.79 Å². The summed E-state index contributed by atoms with van der Waals surface area (Å²) in [5.74, 6) is -8.77. The molecule has 2 aromatic rings. The van der Waals surface area contributed by atoms with Crippen LogP contribution >= 0.6 is 34.5 Å². The van der Waals surface area contributed by atoms with Gasteiger partial charge in [-0.15, -0.1) is 11.3 Å². The smallest absolute Gasteiger partial charge is 0.203 e. The van der Waals surface area contributed by atoms with E-state index in [0.717, 1.165) is 11.3 Å². The molecule has 0 amide bonds. The van der Waals surface area contributed by atoms with Crippen LogP contribution in [0.2, 0.25) is 8.67 Å². The molecular formula is C12H4Cl2F4O2S. The Labute approximate surface area is 129 Å². The number of benzene rings is 1. The van der Waals surface area contributed by atoms with Gasteiger partial charge < -0.3 is 4.74 Å². The molecule has 0 fully saturated rings. The maximum Gasteiger partial charge on any atom is 0.203 e. The SMILES string of the molecule is O=C(COc1c(F)c(F)cc(F)c1F)c1cc(Cl)sc1Cl. The molecule has 0 unspecified atom stereocenters. The van der Waals surface area contributed by atoms with E-state index in [4.69, 9.17) is 23.2 Å². The van der Waals surface area contributed by atoms with Crippen molar-refractivity contribution in [2.45, 2.75) is 0 Å². The van der Waals surface area contributed by atoms with E-state index < -0.39 is 41.4 Å². The molecule has 0 spiro atoms. The Hall–Kier alpha value is -1.31. The average Bonchev–Trinajstić information content (AvgIpc) is 2.75. The fourth-order valence-electron chi connectivity index (χ4n) is 1.42.